The van der Waals surface area contributed by atoms with Gasteiger partial charge in [-0.1, -0.05) is 24.3 Å². The Bertz CT molecular complexity index is 463. The molecule has 0 aromatic heterocycles. The Morgan fingerprint density at radius 2 is 1.81 bits per heavy atom. The molecule has 1 aromatic carbocycles. The van der Waals surface area contributed by atoms with Crippen LogP contribution in [0.2, 0.25) is 0 Å². The number of hydrogen-bond acceptors (Lipinski definition) is 3. The van der Waals surface area contributed by atoms with Crippen molar-refractivity contribution in [2.45, 2.75) is 43.8 Å². The summed E-state index contributed by atoms with van der Waals surface area (Å²) in [5.41, 5.74) is 3.06. The molecule has 2 atom stereocenters. The molecule has 0 amide bonds. The molecule has 1 N–H and O–H groups in total. The molecule has 0 spiro atoms. The fraction of sp³-hybridized carbons (Fsp3) is 0.667. The molecule has 2 aliphatic rings. The molecule has 3 heteroatoms. The molecule has 1 heterocycles. The first-order chi connectivity index (χ1) is 10.2. The van der Waals surface area contributed by atoms with Crippen LogP contribution < -0.4 is 5.32 Å². The van der Waals surface area contributed by atoms with Crippen LogP contribution in [0, 0.1) is 0 Å². The van der Waals surface area contributed by atoms with Crippen molar-refractivity contribution in [2.24, 2.45) is 0 Å². The smallest absolute Gasteiger partial charge is 0.0478 e. The number of piperidine rings is 1. The van der Waals surface area contributed by atoms with Gasteiger partial charge in [0.2, 0.25) is 0 Å². The second-order valence-corrected chi connectivity index (χ2v) is 6.80. The minimum absolute atomic E-state index is 0.492. The van der Waals surface area contributed by atoms with E-state index in [9.17, 15) is 0 Å². The van der Waals surface area contributed by atoms with E-state index in [-0.39, 0.29) is 0 Å². The first-order valence-electron chi connectivity index (χ1n) is 8.36. The first-order valence-corrected chi connectivity index (χ1v) is 8.36. The summed E-state index contributed by atoms with van der Waals surface area (Å²) in [6.07, 6.45) is 5.13. The van der Waals surface area contributed by atoms with Gasteiger partial charge in [0.25, 0.3) is 0 Å². The SMILES string of the molecule is CNC1c2ccccc2CCC1N1CCC(N(C)C)CC1. The summed E-state index contributed by atoms with van der Waals surface area (Å²) in [4.78, 5) is 5.13. The van der Waals surface area contributed by atoms with Crippen molar-refractivity contribution in [3.63, 3.8) is 0 Å². The van der Waals surface area contributed by atoms with E-state index in [0.717, 1.165) is 6.04 Å². The van der Waals surface area contributed by atoms with E-state index in [1.165, 1.54) is 49.9 Å². The van der Waals surface area contributed by atoms with Gasteiger partial charge in [-0.15, -0.1) is 0 Å². The van der Waals surface area contributed by atoms with E-state index in [1.54, 1.807) is 0 Å². The Hall–Kier alpha value is -0.900. The molecule has 2 unspecified atom stereocenters. The molecule has 1 saturated heterocycles. The lowest BCUT2D eigenvalue weighted by atomic mass is 9.82. The summed E-state index contributed by atoms with van der Waals surface area (Å²) >= 11 is 0. The van der Waals surface area contributed by atoms with Crippen LogP contribution in [0.1, 0.15) is 36.4 Å². The Morgan fingerprint density at radius 1 is 1.10 bits per heavy atom. The van der Waals surface area contributed by atoms with Gasteiger partial charge in [0.05, 0.1) is 0 Å². The number of hydrogen-bond donors (Lipinski definition) is 1. The fourth-order valence-electron chi connectivity index (χ4n) is 4.22. The quantitative estimate of drug-likeness (QED) is 0.920. The normalized spacial score (nSPS) is 27.8. The van der Waals surface area contributed by atoms with Gasteiger partial charge in [0.1, 0.15) is 0 Å². The maximum atomic E-state index is 3.59. The minimum Gasteiger partial charge on any atom is -0.312 e. The highest BCUT2D eigenvalue weighted by molar-refractivity contribution is 5.34. The van der Waals surface area contributed by atoms with Crippen molar-refractivity contribution in [1.29, 1.82) is 0 Å². The molecule has 21 heavy (non-hydrogen) atoms. The molecule has 1 fully saturated rings. The summed E-state index contributed by atoms with van der Waals surface area (Å²) in [5, 5.41) is 3.59. The number of rotatable bonds is 3. The molecule has 116 valence electrons. The number of fused-ring (bicyclic) bond motifs is 1. The number of likely N-dealkylation sites (tertiary alicyclic amines) is 1. The fourth-order valence-corrected chi connectivity index (χ4v) is 4.22. The molecule has 1 aromatic rings. The van der Waals surface area contributed by atoms with Crippen molar-refractivity contribution in [3.05, 3.63) is 35.4 Å². The third-order valence-corrected chi connectivity index (χ3v) is 5.49. The largest absolute Gasteiger partial charge is 0.312 e. The molecular formula is C18H29N3. The Labute approximate surface area is 129 Å². The van der Waals surface area contributed by atoms with Gasteiger partial charge >= 0.3 is 0 Å². The van der Waals surface area contributed by atoms with E-state index in [2.05, 4.69) is 60.5 Å². The summed E-state index contributed by atoms with van der Waals surface area (Å²) in [6.45, 7) is 2.49. The second-order valence-electron chi connectivity index (χ2n) is 6.80. The van der Waals surface area contributed by atoms with E-state index in [1.807, 2.05) is 0 Å². The monoisotopic (exact) mass is 287 g/mol. The van der Waals surface area contributed by atoms with Crippen LogP contribution in [0.25, 0.3) is 0 Å². The zero-order valence-corrected chi connectivity index (χ0v) is 13.7. The first kappa shape index (κ1) is 15.0. The highest BCUT2D eigenvalue weighted by atomic mass is 15.2. The molecule has 1 aliphatic carbocycles. The van der Waals surface area contributed by atoms with Crippen LogP contribution >= 0.6 is 0 Å². The second kappa shape index (κ2) is 6.47. The van der Waals surface area contributed by atoms with Gasteiger partial charge in [-0.25, -0.2) is 0 Å². The molecule has 3 rings (SSSR count). The molecule has 0 radical (unpaired) electrons. The van der Waals surface area contributed by atoms with Gasteiger partial charge in [0.15, 0.2) is 0 Å². The van der Waals surface area contributed by atoms with Crippen LogP contribution in [0.4, 0.5) is 0 Å². The molecule has 0 saturated carbocycles. The number of nitrogens with one attached hydrogen (secondary N) is 1. The number of benzene rings is 1. The third kappa shape index (κ3) is 3.01. The highest BCUT2D eigenvalue weighted by Crippen LogP contribution is 2.34. The number of aryl methyl sites for hydroxylation is 1. The standard InChI is InChI=1S/C18H29N3/c1-19-18-16-7-5-4-6-14(16)8-9-17(18)21-12-10-15(11-13-21)20(2)3/h4-7,15,17-19H,8-13H2,1-3H3. The summed E-state index contributed by atoms with van der Waals surface area (Å²) in [7, 11) is 6.55. The van der Waals surface area contributed by atoms with Crippen LogP contribution in [0.3, 0.4) is 0 Å². The van der Waals surface area contributed by atoms with Crippen LogP contribution in [-0.2, 0) is 6.42 Å². The van der Waals surface area contributed by atoms with Crippen LogP contribution in [0.15, 0.2) is 24.3 Å². The average molecular weight is 287 g/mol. The van der Waals surface area contributed by atoms with Crippen molar-refractivity contribution in [3.8, 4) is 0 Å². The summed E-state index contributed by atoms with van der Waals surface area (Å²) < 4.78 is 0. The number of likely N-dealkylation sites (N-methyl/N-ethyl adjacent to an activating group) is 1. The van der Waals surface area contributed by atoms with Crippen molar-refractivity contribution < 1.29 is 0 Å². The van der Waals surface area contributed by atoms with E-state index < -0.39 is 0 Å². The summed E-state index contributed by atoms with van der Waals surface area (Å²) in [6, 6.07) is 10.9. The Kier molecular flexibility index (Phi) is 4.63. The van der Waals surface area contributed by atoms with Gasteiger partial charge in [-0.3, -0.25) is 4.90 Å². The predicted octanol–water partition coefficient (Wildman–Crippen LogP) is 2.29. The van der Waals surface area contributed by atoms with E-state index in [4.69, 9.17) is 0 Å². The van der Waals surface area contributed by atoms with E-state index >= 15 is 0 Å². The van der Waals surface area contributed by atoms with Crippen molar-refractivity contribution >= 4 is 0 Å². The van der Waals surface area contributed by atoms with Crippen molar-refractivity contribution in [2.75, 3.05) is 34.2 Å². The summed E-state index contributed by atoms with van der Waals surface area (Å²) in [5.74, 6) is 0. The Balaban J connectivity index is 1.72. The molecule has 0 bridgehead atoms. The zero-order valence-electron chi connectivity index (χ0n) is 13.7. The third-order valence-electron chi connectivity index (χ3n) is 5.49. The molecule has 1 aliphatic heterocycles. The Morgan fingerprint density at radius 3 is 2.48 bits per heavy atom. The van der Waals surface area contributed by atoms with E-state index in [0.29, 0.717) is 12.1 Å². The van der Waals surface area contributed by atoms with Crippen LogP contribution in [-0.4, -0.2) is 56.1 Å². The lowest BCUT2D eigenvalue weighted by molar-refractivity contribution is 0.0820. The molecular weight excluding hydrogens is 258 g/mol. The minimum atomic E-state index is 0.492. The lowest BCUT2D eigenvalue weighted by Crippen LogP contribution is -2.51. The predicted molar refractivity (Wildman–Crippen MR) is 88.6 cm³/mol. The van der Waals surface area contributed by atoms with Gasteiger partial charge in [-0.05, 0) is 71.0 Å². The van der Waals surface area contributed by atoms with Crippen LogP contribution in [0.5, 0.6) is 0 Å². The zero-order chi connectivity index (χ0) is 14.8. The molecule has 3 nitrogen and oxygen atoms in total. The van der Waals surface area contributed by atoms with Gasteiger partial charge < -0.3 is 10.2 Å². The van der Waals surface area contributed by atoms with Gasteiger partial charge in [0, 0.05) is 18.1 Å². The maximum Gasteiger partial charge on any atom is 0.0478 e. The number of nitrogens with zero attached hydrogens (tertiary/aromatic N) is 2. The van der Waals surface area contributed by atoms with Crippen molar-refractivity contribution in [1.82, 2.24) is 15.1 Å². The topological polar surface area (TPSA) is 18.5 Å². The maximum absolute atomic E-state index is 3.59. The average Bonchev–Trinajstić information content (AvgIpc) is 2.53. The van der Waals surface area contributed by atoms with Gasteiger partial charge in [-0.2, -0.15) is 0 Å². The highest BCUT2D eigenvalue weighted by Gasteiger charge is 2.34. The lowest BCUT2D eigenvalue weighted by Gasteiger charge is -2.44.